The second-order valence-electron chi connectivity index (χ2n) is 4.13. The van der Waals surface area contributed by atoms with Gasteiger partial charge in [-0.25, -0.2) is 0 Å². The van der Waals surface area contributed by atoms with Crippen LogP contribution >= 0.6 is 11.8 Å². The Labute approximate surface area is 128 Å². The lowest BCUT2D eigenvalue weighted by Crippen LogP contribution is -3.00. The number of nitrogens with zero attached hydrogens (tertiary/aromatic N) is 1. The third-order valence-electron chi connectivity index (χ3n) is 3.22. The number of hydrogen-bond acceptors (Lipinski definition) is 1. The molecule has 0 atom stereocenters. The van der Waals surface area contributed by atoms with Crippen molar-refractivity contribution >= 4 is 33.6 Å². The minimum atomic E-state index is 0. The van der Waals surface area contributed by atoms with E-state index in [-0.39, 0.29) is 24.0 Å². The number of aromatic nitrogens is 1. The van der Waals surface area contributed by atoms with Crippen molar-refractivity contribution in [2.45, 2.75) is 4.90 Å². The average molecular weight is 367 g/mol. The Morgan fingerprint density at radius 1 is 0.833 bits per heavy atom. The van der Waals surface area contributed by atoms with E-state index in [2.05, 4.69) is 66.4 Å². The van der Waals surface area contributed by atoms with Crippen LogP contribution in [0.1, 0.15) is 0 Å². The highest BCUT2D eigenvalue weighted by atomic mass is 127. The highest BCUT2D eigenvalue weighted by molar-refractivity contribution is 7.99. The van der Waals surface area contributed by atoms with Gasteiger partial charge in [-0.2, -0.15) is 4.57 Å². The summed E-state index contributed by atoms with van der Waals surface area (Å²) in [6.07, 6.45) is 2.15. The summed E-state index contributed by atoms with van der Waals surface area (Å²) in [5.74, 6) is 0. The zero-order valence-electron chi connectivity index (χ0n) is 10.4. The van der Waals surface area contributed by atoms with Crippen molar-refractivity contribution in [2.75, 3.05) is 6.26 Å². The lowest BCUT2D eigenvalue weighted by molar-refractivity contribution is -0.617. The van der Waals surface area contributed by atoms with Crippen molar-refractivity contribution in [2.24, 2.45) is 7.05 Å². The molecule has 0 radical (unpaired) electrons. The topological polar surface area (TPSA) is 3.88 Å². The van der Waals surface area contributed by atoms with Crippen molar-refractivity contribution in [1.82, 2.24) is 0 Å². The van der Waals surface area contributed by atoms with Crippen molar-refractivity contribution in [3.8, 4) is 0 Å². The third-order valence-corrected chi connectivity index (χ3v) is 4.07. The Morgan fingerprint density at radius 2 is 1.28 bits per heavy atom. The van der Waals surface area contributed by atoms with Gasteiger partial charge in [-0.15, -0.1) is 11.8 Å². The van der Waals surface area contributed by atoms with Crippen LogP contribution in [0.2, 0.25) is 0 Å². The van der Waals surface area contributed by atoms with Crippen LogP contribution in [0.4, 0.5) is 0 Å². The fourth-order valence-corrected chi connectivity index (χ4v) is 3.20. The minimum absolute atomic E-state index is 0. The summed E-state index contributed by atoms with van der Waals surface area (Å²) in [7, 11) is 2.13. The highest BCUT2D eigenvalue weighted by Crippen LogP contribution is 2.31. The molecule has 18 heavy (non-hydrogen) atoms. The summed E-state index contributed by atoms with van der Waals surface area (Å²) in [6, 6.07) is 17.2. The standard InChI is InChI=1S/C15H14NS.HI/c1-16-13-9-5-3-7-11(13)15(17-2)12-8-4-6-10-14(12)16;/h3-10H,1-2H3;1H/q+1;/p-1. The van der Waals surface area contributed by atoms with Gasteiger partial charge in [0.15, 0.2) is 0 Å². The number of pyridine rings is 1. The van der Waals surface area contributed by atoms with Crippen LogP contribution < -0.4 is 28.5 Å². The fraction of sp³-hybridized carbons (Fsp3) is 0.133. The molecule has 0 saturated heterocycles. The van der Waals surface area contributed by atoms with E-state index in [0.717, 1.165) is 0 Å². The quantitative estimate of drug-likeness (QED) is 0.263. The summed E-state index contributed by atoms with van der Waals surface area (Å²) in [5.41, 5.74) is 2.58. The maximum Gasteiger partial charge on any atom is 0.213 e. The van der Waals surface area contributed by atoms with Gasteiger partial charge in [-0.05, 0) is 18.4 Å². The predicted octanol–water partition coefficient (Wildman–Crippen LogP) is 0.543. The first kappa shape index (κ1) is 13.6. The molecule has 0 saturated carbocycles. The van der Waals surface area contributed by atoms with Gasteiger partial charge in [0.1, 0.15) is 7.05 Å². The zero-order chi connectivity index (χ0) is 11.8. The number of fused-ring (bicyclic) bond motifs is 2. The first-order chi connectivity index (χ1) is 8.33. The Bertz CT molecular complexity index is 652. The van der Waals surface area contributed by atoms with Gasteiger partial charge in [-0.1, -0.05) is 24.3 Å². The largest absolute Gasteiger partial charge is 1.00 e. The van der Waals surface area contributed by atoms with E-state index in [1.54, 1.807) is 0 Å². The van der Waals surface area contributed by atoms with Gasteiger partial charge < -0.3 is 24.0 Å². The highest BCUT2D eigenvalue weighted by Gasteiger charge is 2.15. The van der Waals surface area contributed by atoms with Gasteiger partial charge >= 0.3 is 0 Å². The van der Waals surface area contributed by atoms with Crippen LogP contribution in [0.25, 0.3) is 21.8 Å². The normalized spacial score (nSPS) is 10.6. The summed E-state index contributed by atoms with van der Waals surface area (Å²) >= 11 is 1.82. The molecule has 1 nitrogen and oxygen atoms in total. The molecule has 2 aromatic carbocycles. The van der Waals surface area contributed by atoms with E-state index in [9.17, 15) is 0 Å². The van der Waals surface area contributed by atoms with Crippen LogP contribution in [-0.2, 0) is 7.05 Å². The lowest BCUT2D eigenvalue weighted by atomic mass is 10.1. The molecular formula is C15H14INS. The average Bonchev–Trinajstić information content (AvgIpc) is 2.40. The molecule has 92 valence electrons. The van der Waals surface area contributed by atoms with Crippen LogP contribution in [0, 0.1) is 0 Å². The Hall–Kier alpha value is -0.810. The maximum atomic E-state index is 2.27. The Balaban J connectivity index is 0.00000120. The van der Waals surface area contributed by atoms with Crippen molar-refractivity contribution in [3.05, 3.63) is 48.5 Å². The molecule has 1 aromatic heterocycles. The first-order valence-electron chi connectivity index (χ1n) is 5.66. The van der Waals surface area contributed by atoms with E-state index >= 15 is 0 Å². The SMILES string of the molecule is CSc1c2ccccc2[n+](C)c2ccccc12.[I-]. The third kappa shape index (κ3) is 1.99. The first-order valence-corrected chi connectivity index (χ1v) is 6.89. The van der Waals surface area contributed by atoms with Crippen molar-refractivity contribution in [1.29, 1.82) is 0 Å². The van der Waals surface area contributed by atoms with Crippen LogP contribution in [0.5, 0.6) is 0 Å². The Morgan fingerprint density at radius 3 is 1.72 bits per heavy atom. The number of benzene rings is 2. The number of rotatable bonds is 1. The second kappa shape index (κ2) is 5.45. The van der Waals surface area contributed by atoms with Gasteiger partial charge in [0.25, 0.3) is 0 Å². The number of halogens is 1. The maximum absolute atomic E-state index is 2.27. The molecule has 3 heteroatoms. The number of para-hydroxylation sites is 2. The van der Waals surface area contributed by atoms with Gasteiger partial charge in [-0.3, -0.25) is 0 Å². The molecular weight excluding hydrogens is 353 g/mol. The van der Waals surface area contributed by atoms with Crippen molar-refractivity contribution in [3.63, 3.8) is 0 Å². The summed E-state index contributed by atoms with van der Waals surface area (Å²) in [4.78, 5) is 1.37. The molecule has 0 aliphatic carbocycles. The Kier molecular flexibility index (Phi) is 4.12. The zero-order valence-corrected chi connectivity index (χ0v) is 13.3. The molecule has 3 rings (SSSR count). The predicted molar refractivity (Wildman–Crippen MR) is 74.4 cm³/mol. The van der Waals surface area contributed by atoms with Crippen LogP contribution in [-0.4, -0.2) is 6.26 Å². The van der Waals surface area contributed by atoms with Gasteiger partial charge in [0, 0.05) is 17.0 Å². The number of thioether (sulfide) groups is 1. The molecule has 0 unspecified atom stereocenters. The molecule has 0 aliphatic heterocycles. The van der Waals surface area contributed by atoms with E-state index in [4.69, 9.17) is 0 Å². The summed E-state index contributed by atoms with van der Waals surface area (Å²) in [6.45, 7) is 0. The molecule has 0 aliphatic rings. The molecule has 0 bridgehead atoms. The smallest absolute Gasteiger partial charge is 0.213 e. The van der Waals surface area contributed by atoms with Crippen LogP contribution in [0.3, 0.4) is 0 Å². The molecule has 0 fully saturated rings. The molecule has 1 heterocycles. The monoisotopic (exact) mass is 367 g/mol. The second-order valence-corrected chi connectivity index (χ2v) is 4.94. The lowest BCUT2D eigenvalue weighted by Gasteiger charge is -2.07. The fourth-order valence-electron chi connectivity index (χ4n) is 2.41. The molecule has 0 N–H and O–H groups in total. The number of hydrogen-bond donors (Lipinski definition) is 0. The molecule has 0 spiro atoms. The van der Waals surface area contributed by atoms with Crippen LogP contribution in [0.15, 0.2) is 53.4 Å². The molecule has 3 aromatic rings. The van der Waals surface area contributed by atoms with Gasteiger partial charge in [0.05, 0.1) is 10.8 Å². The minimum Gasteiger partial charge on any atom is -1.00 e. The van der Waals surface area contributed by atoms with E-state index < -0.39 is 0 Å². The van der Waals surface area contributed by atoms with Gasteiger partial charge in [0.2, 0.25) is 11.0 Å². The van der Waals surface area contributed by atoms with E-state index in [1.807, 2.05) is 11.8 Å². The van der Waals surface area contributed by atoms with E-state index in [0.29, 0.717) is 0 Å². The summed E-state index contributed by atoms with van der Waals surface area (Å²) < 4.78 is 2.27. The molecule has 0 amide bonds. The van der Waals surface area contributed by atoms with E-state index in [1.165, 1.54) is 26.7 Å². The summed E-state index contributed by atoms with van der Waals surface area (Å²) in [5, 5.41) is 2.67. The van der Waals surface area contributed by atoms with Crippen molar-refractivity contribution < 1.29 is 28.5 Å². The number of aryl methyl sites for hydroxylation is 1.